The fourth-order valence-corrected chi connectivity index (χ4v) is 1.74. The molecule has 0 amide bonds. The third-order valence-corrected chi connectivity index (χ3v) is 2.53. The van der Waals surface area contributed by atoms with Gasteiger partial charge in [-0.3, -0.25) is 0 Å². The average molecular weight is 228 g/mol. The van der Waals surface area contributed by atoms with Crippen molar-refractivity contribution in [1.82, 2.24) is 0 Å². The number of halogens is 2. The summed E-state index contributed by atoms with van der Waals surface area (Å²) in [5, 5.41) is 8.41. The number of hydrogen-bond donors (Lipinski definition) is 1. The van der Waals surface area contributed by atoms with Gasteiger partial charge >= 0.3 is 11.9 Å². The lowest BCUT2D eigenvalue weighted by atomic mass is 10.0. The summed E-state index contributed by atoms with van der Waals surface area (Å²) in [5.41, 5.74) is 0.127. The predicted molar refractivity (Wildman–Crippen MR) is 51.8 cm³/mol. The molecule has 1 aromatic carbocycles. The van der Waals surface area contributed by atoms with Gasteiger partial charge in [-0.25, -0.2) is 4.79 Å². The SMILES string of the molecule is CC1Cc2cc(C(F)(F)C(=O)O)ccc2O1. The van der Waals surface area contributed by atoms with Gasteiger partial charge in [0.15, 0.2) is 0 Å². The molecular weight excluding hydrogens is 218 g/mol. The molecule has 1 heterocycles. The van der Waals surface area contributed by atoms with E-state index < -0.39 is 17.5 Å². The summed E-state index contributed by atoms with van der Waals surface area (Å²) in [6.45, 7) is 1.83. The van der Waals surface area contributed by atoms with Gasteiger partial charge < -0.3 is 9.84 Å². The van der Waals surface area contributed by atoms with Crippen molar-refractivity contribution in [3.63, 3.8) is 0 Å². The number of benzene rings is 1. The first-order valence-corrected chi connectivity index (χ1v) is 4.82. The van der Waals surface area contributed by atoms with E-state index in [1.807, 2.05) is 6.92 Å². The van der Waals surface area contributed by atoms with Gasteiger partial charge in [-0.15, -0.1) is 0 Å². The Balaban J connectivity index is 2.40. The maximum absolute atomic E-state index is 13.2. The number of alkyl halides is 2. The van der Waals surface area contributed by atoms with Crippen LogP contribution in [0, 0.1) is 0 Å². The maximum Gasteiger partial charge on any atom is 0.379 e. The maximum atomic E-state index is 13.2. The lowest BCUT2D eigenvalue weighted by molar-refractivity contribution is -0.166. The van der Waals surface area contributed by atoms with Crippen LogP contribution in [0.15, 0.2) is 18.2 Å². The third kappa shape index (κ3) is 1.62. The van der Waals surface area contributed by atoms with Gasteiger partial charge in [0.2, 0.25) is 0 Å². The first-order valence-electron chi connectivity index (χ1n) is 4.82. The van der Waals surface area contributed by atoms with Crippen LogP contribution in [0.25, 0.3) is 0 Å². The normalized spacial score (nSPS) is 19.1. The van der Waals surface area contributed by atoms with Crippen LogP contribution in [-0.4, -0.2) is 17.2 Å². The smallest absolute Gasteiger partial charge is 0.379 e. The molecule has 1 atom stereocenters. The first kappa shape index (κ1) is 10.9. The van der Waals surface area contributed by atoms with Crippen LogP contribution in [0.2, 0.25) is 0 Å². The van der Waals surface area contributed by atoms with Gasteiger partial charge in [0.25, 0.3) is 0 Å². The highest BCUT2D eigenvalue weighted by atomic mass is 19.3. The molecule has 0 aromatic heterocycles. The molecule has 3 nitrogen and oxygen atoms in total. The van der Waals surface area contributed by atoms with Crippen LogP contribution in [0.1, 0.15) is 18.1 Å². The van der Waals surface area contributed by atoms with Crippen molar-refractivity contribution in [2.75, 3.05) is 0 Å². The molecule has 0 fully saturated rings. The molecule has 1 unspecified atom stereocenters. The summed E-state index contributed by atoms with van der Waals surface area (Å²) in [4.78, 5) is 10.4. The summed E-state index contributed by atoms with van der Waals surface area (Å²) in [5.74, 6) is -5.43. The standard InChI is InChI=1S/C11H10F2O3/c1-6-4-7-5-8(2-3-9(7)16-6)11(12,13)10(14)15/h2-3,5-6H,4H2,1H3,(H,14,15). The second-order valence-corrected chi connectivity index (χ2v) is 3.83. The molecule has 0 radical (unpaired) electrons. The van der Waals surface area contributed by atoms with E-state index in [4.69, 9.17) is 9.84 Å². The van der Waals surface area contributed by atoms with Crippen molar-refractivity contribution >= 4 is 5.97 Å². The number of aliphatic carboxylic acids is 1. The Morgan fingerprint density at radius 2 is 2.25 bits per heavy atom. The van der Waals surface area contributed by atoms with Crippen LogP contribution in [0.4, 0.5) is 8.78 Å². The Hall–Kier alpha value is -1.65. The zero-order valence-electron chi connectivity index (χ0n) is 8.54. The second-order valence-electron chi connectivity index (χ2n) is 3.83. The monoisotopic (exact) mass is 228 g/mol. The summed E-state index contributed by atoms with van der Waals surface area (Å²) in [7, 11) is 0. The zero-order chi connectivity index (χ0) is 11.9. The zero-order valence-corrected chi connectivity index (χ0v) is 8.54. The highest BCUT2D eigenvalue weighted by molar-refractivity contribution is 5.77. The van der Waals surface area contributed by atoms with Gasteiger partial charge in [-0.05, 0) is 30.7 Å². The van der Waals surface area contributed by atoms with E-state index in [0.717, 1.165) is 6.07 Å². The number of rotatable bonds is 2. The fraction of sp³-hybridized carbons (Fsp3) is 0.364. The van der Waals surface area contributed by atoms with Crippen LogP contribution in [-0.2, 0) is 17.1 Å². The molecule has 5 heteroatoms. The van der Waals surface area contributed by atoms with Crippen LogP contribution in [0.5, 0.6) is 5.75 Å². The number of carboxylic acid groups (broad SMARTS) is 1. The van der Waals surface area contributed by atoms with Gasteiger partial charge in [-0.1, -0.05) is 0 Å². The van der Waals surface area contributed by atoms with Crippen molar-refractivity contribution in [1.29, 1.82) is 0 Å². The van der Waals surface area contributed by atoms with Gasteiger partial charge in [0.05, 0.1) is 0 Å². The molecule has 0 saturated carbocycles. The van der Waals surface area contributed by atoms with E-state index in [9.17, 15) is 13.6 Å². The van der Waals surface area contributed by atoms with Gasteiger partial charge in [0.1, 0.15) is 11.9 Å². The summed E-state index contributed by atoms with van der Waals surface area (Å²) < 4.78 is 31.8. The summed E-state index contributed by atoms with van der Waals surface area (Å²) in [6, 6.07) is 3.68. The number of carboxylic acids is 1. The molecule has 2 rings (SSSR count). The quantitative estimate of drug-likeness (QED) is 0.843. The number of carbonyl (C=O) groups is 1. The molecular formula is C11H10F2O3. The molecule has 0 saturated heterocycles. The molecule has 1 aliphatic rings. The minimum atomic E-state index is -3.85. The molecule has 16 heavy (non-hydrogen) atoms. The van der Waals surface area contributed by atoms with Gasteiger partial charge in [-0.2, -0.15) is 8.78 Å². The Kier molecular flexibility index (Phi) is 2.33. The highest BCUT2D eigenvalue weighted by Gasteiger charge is 2.41. The predicted octanol–water partition coefficient (Wildman–Crippen LogP) is 2.19. The number of ether oxygens (including phenoxy) is 1. The minimum Gasteiger partial charge on any atom is -0.490 e. The van der Waals surface area contributed by atoms with Crippen LogP contribution >= 0.6 is 0 Å². The van der Waals surface area contributed by atoms with E-state index in [-0.39, 0.29) is 6.10 Å². The largest absolute Gasteiger partial charge is 0.490 e. The molecule has 0 aliphatic carbocycles. The second kappa shape index (κ2) is 3.43. The lowest BCUT2D eigenvalue weighted by Gasteiger charge is -2.12. The van der Waals surface area contributed by atoms with Crippen molar-refractivity contribution < 1.29 is 23.4 Å². The topological polar surface area (TPSA) is 46.5 Å². The van der Waals surface area contributed by atoms with Crippen LogP contribution < -0.4 is 4.74 Å². The Bertz CT molecular complexity index is 443. The average Bonchev–Trinajstić information content (AvgIpc) is 2.56. The molecule has 86 valence electrons. The summed E-state index contributed by atoms with van der Waals surface area (Å²) >= 11 is 0. The van der Waals surface area contributed by atoms with Gasteiger partial charge in [0, 0.05) is 12.0 Å². The fourth-order valence-electron chi connectivity index (χ4n) is 1.74. The van der Waals surface area contributed by atoms with E-state index in [2.05, 4.69) is 0 Å². The Morgan fingerprint density at radius 1 is 1.56 bits per heavy atom. The van der Waals surface area contributed by atoms with Crippen molar-refractivity contribution in [3.05, 3.63) is 29.3 Å². The molecule has 1 aliphatic heterocycles. The molecule has 1 aromatic rings. The number of fused-ring (bicyclic) bond motifs is 1. The summed E-state index contributed by atoms with van der Waals surface area (Å²) in [6.07, 6.45) is 0.475. The Morgan fingerprint density at radius 3 is 2.88 bits per heavy atom. The number of hydrogen-bond acceptors (Lipinski definition) is 2. The van der Waals surface area contributed by atoms with E-state index in [1.54, 1.807) is 0 Å². The van der Waals surface area contributed by atoms with Crippen LogP contribution in [0.3, 0.4) is 0 Å². The third-order valence-electron chi connectivity index (χ3n) is 2.53. The highest BCUT2D eigenvalue weighted by Crippen LogP contribution is 2.35. The van der Waals surface area contributed by atoms with Crippen molar-refractivity contribution in [2.45, 2.75) is 25.4 Å². The van der Waals surface area contributed by atoms with E-state index in [1.165, 1.54) is 12.1 Å². The van der Waals surface area contributed by atoms with Crippen molar-refractivity contribution in [2.24, 2.45) is 0 Å². The van der Waals surface area contributed by atoms with Crippen molar-refractivity contribution in [3.8, 4) is 5.75 Å². The molecule has 0 spiro atoms. The van der Waals surface area contributed by atoms with E-state index in [0.29, 0.717) is 17.7 Å². The Labute approximate surface area is 90.7 Å². The lowest BCUT2D eigenvalue weighted by Crippen LogP contribution is -2.25. The molecule has 1 N–H and O–H groups in total. The first-order chi connectivity index (χ1) is 7.41. The minimum absolute atomic E-state index is 0.0521. The molecule has 0 bridgehead atoms. The van der Waals surface area contributed by atoms with E-state index >= 15 is 0 Å².